The van der Waals surface area contributed by atoms with Crippen LogP contribution in [-0.2, 0) is 4.74 Å². The molecule has 2 rings (SSSR count). The van der Waals surface area contributed by atoms with Gasteiger partial charge >= 0.3 is 0 Å². The van der Waals surface area contributed by atoms with E-state index in [1.165, 1.54) is 5.56 Å². The SMILES string of the molecule is CCCCOCC(NC)c1ccc2c(c1)OCCO2. The molecule has 1 atom stereocenters. The standard InChI is InChI=1S/C15H23NO3/c1-3-4-7-17-11-13(16-2)12-5-6-14-15(10-12)19-9-8-18-14/h5-6,10,13,16H,3-4,7-9,11H2,1-2H3. The molecule has 106 valence electrons. The van der Waals surface area contributed by atoms with Crippen LogP contribution in [0.1, 0.15) is 31.4 Å². The van der Waals surface area contributed by atoms with Crippen molar-refractivity contribution in [2.45, 2.75) is 25.8 Å². The Labute approximate surface area is 115 Å². The zero-order chi connectivity index (χ0) is 13.5. The summed E-state index contributed by atoms with van der Waals surface area (Å²) in [5.41, 5.74) is 1.17. The first-order valence-corrected chi connectivity index (χ1v) is 6.99. The smallest absolute Gasteiger partial charge is 0.161 e. The van der Waals surface area contributed by atoms with Crippen molar-refractivity contribution in [3.05, 3.63) is 23.8 Å². The van der Waals surface area contributed by atoms with E-state index in [0.717, 1.165) is 30.9 Å². The zero-order valence-electron chi connectivity index (χ0n) is 11.8. The van der Waals surface area contributed by atoms with E-state index >= 15 is 0 Å². The van der Waals surface area contributed by atoms with Crippen molar-refractivity contribution in [2.24, 2.45) is 0 Å². The zero-order valence-corrected chi connectivity index (χ0v) is 11.8. The van der Waals surface area contributed by atoms with Gasteiger partial charge in [0.15, 0.2) is 11.5 Å². The molecule has 0 saturated heterocycles. The van der Waals surface area contributed by atoms with Crippen molar-refractivity contribution >= 4 is 0 Å². The number of unbranched alkanes of at least 4 members (excludes halogenated alkanes) is 1. The fraction of sp³-hybridized carbons (Fsp3) is 0.600. The van der Waals surface area contributed by atoms with E-state index < -0.39 is 0 Å². The molecule has 1 aliphatic rings. The summed E-state index contributed by atoms with van der Waals surface area (Å²) in [6, 6.07) is 6.27. The summed E-state index contributed by atoms with van der Waals surface area (Å²) in [5, 5.41) is 3.28. The lowest BCUT2D eigenvalue weighted by molar-refractivity contribution is 0.110. The van der Waals surface area contributed by atoms with Crippen LogP contribution in [0.25, 0.3) is 0 Å². The molecule has 1 N–H and O–H groups in total. The van der Waals surface area contributed by atoms with Crippen LogP contribution >= 0.6 is 0 Å². The highest BCUT2D eigenvalue weighted by Crippen LogP contribution is 2.32. The second-order valence-corrected chi connectivity index (χ2v) is 4.67. The first-order valence-electron chi connectivity index (χ1n) is 6.99. The van der Waals surface area contributed by atoms with E-state index in [4.69, 9.17) is 14.2 Å². The molecule has 1 unspecified atom stereocenters. The van der Waals surface area contributed by atoms with Gasteiger partial charge in [0.2, 0.25) is 0 Å². The molecule has 0 amide bonds. The van der Waals surface area contributed by atoms with Gasteiger partial charge in [-0.05, 0) is 31.2 Å². The Morgan fingerprint density at radius 1 is 1.26 bits per heavy atom. The first-order chi connectivity index (χ1) is 9.35. The minimum atomic E-state index is 0.188. The average Bonchev–Trinajstić information content (AvgIpc) is 2.47. The van der Waals surface area contributed by atoms with Crippen molar-refractivity contribution in [3.8, 4) is 11.5 Å². The van der Waals surface area contributed by atoms with Crippen LogP contribution in [0.15, 0.2) is 18.2 Å². The molecule has 0 aliphatic carbocycles. The Morgan fingerprint density at radius 3 is 2.79 bits per heavy atom. The number of hydrogen-bond acceptors (Lipinski definition) is 4. The first kappa shape index (κ1) is 14.2. The summed E-state index contributed by atoms with van der Waals surface area (Å²) >= 11 is 0. The van der Waals surface area contributed by atoms with Gasteiger partial charge in [-0.25, -0.2) is 0 Å². The summed E-state index contributed by atoms with van der Waals surface area (Å²) in [6.07, 6.45) is 2.27. The number of fused-ring (bicyclic) bond motifs is 1. The number of nitrogens with one attached hydrogen (secondary N) is 1. The van der Waals surface area contributed by atoms with E-state index in [0.29, 0.717) is 19.8 Å². The monoisotopic (exact) mass is 265 g/mol. The highest BCUT2D eigenvalue weighted by Gasteiger charge is 2.16. The van der Waals surface area contributed by atoms with E-state index in [9.17, 15) is 0 Å². The van der Waals surface area contributed by atoms with Crippen LogP contribution in [-0.4, -0.2) is 33.5 Å². The highest BCUT2D eigenvalue weighted by molar-refractivity contribution is 5.44. The maximum atomic E-state index is 5.69. The van der Waals surface area contributed by atoms with Crippen molar-refractivity contribution < 1.29 is 14.2 Å². The molecule has 0 saturated carbocycles. The number of rotatable bonds is 7. The molecule has 0 bridgehead atoms. The summed E-state index contributed by atoms with van der Waals surface area (Å²) in [6.45, 7) is 4.91. The third-order valence-corrected chi connectivity index (χ3v) is 3.24. The molecule has 0 spiro atoms. The van der Waals surface area contributed by atoms with E-state index in [1.807, 2.05) is 19.2 Å². The van der Waals surface area contributed by atoms with E-state index in [2.05, 4.69) is 18.3 Å². The summed E-state index contributed by atoms with van der Waals surface area (Å²) < 4.78 is 16.8. The Hall–Kier alpha value is -1.26. The maximum Gasteiger partial charge on any atom is 0.161 e. The van der Waals surface area contributed by atoms with Crippen LogP contribution in [0.5, 0.6) is 11.5 Å². The van der Waals surface area contributed by atoms with Crippen LogP contribution in [0.4, 0.5) is 0 Å². The molecule has 4 heteroatoms. The Morgan fingerprint density at radius 2 is 2.05 bits per heavy atom. The largest absolute Gasteiger partial charge is 0.486 e. The number of likely N-dealkylation sites (N-methyl/N-ethyl adjacent to an activating group) is 1. The van der Waals surface area contributed by atoms with Crippen molar-refractivity contribution in [1.29, 1.82) is 0 Å². The Bertz CT molecular complexity index is 395. The van der Waals surface area contributed by atoms with E-state index in [-0.39, 0.29) is 6.04 Å². The second kappa shape index (κ2) is 7.36. The fourth-order valence-corrected chi connectivity index (χ4v) is 2.07. The average molecular weight is 265 g/mol. The predicted octanol–water partition coefficient (Wildman–Crippen LogP) is 2.54. The van der Waals surface area contributed by atoms with Gasteiger partial charge in [0.1, 0.15) is 13.2 Å². The molecule has 19 heavy (non-hydrogen) atoms. The quantitative estimate of drug-likeness (QED) is 0.769. The van der Waals surface area contributed by atoms with Gasteiger partial charge in [-0.15, -0.1) is 0 Å². The third-order valence-electron chi connectivity index (χ3n) is 3.24. The van der Waals surface area contributed by atoms with Crippen LogP contribution in [0.3, 0.4) is 0 Å². The summed E-state index contributed by atoms with van der Waals surface area (Å²) in [7, 11) is 1.95. The molecule has 1 aromatic rings. The van der Waals surface area contributed by atoms with Crippen molar-refractivity contribution in [1.82, 2.24) is 5.32 Å². The fourth-order valence-electron chi connectivity index (χ4n) is 2.07. The molecule has 0 aromatic heterocycles. The number of benzene rings is 1. The van der Waals surface area contributed by atoms with Crippen molar-refractivity contribution in [3.63, 3.8) is 0 Å². The predicted molar refractivity (Wildman–Crippen MR) is 75.0 cm³/mol. The van der Waals surface area contributed by atoms with Gasteiger partial charge in [-0.1, -0.05) is 19.4 Å². The number of hydrogen-bond donors (Lipinski definition) is 1. The van der Waals surface area contributed by atoms with Crippen LogP contribution in [0, 0.1) is 0 Å². The Balaban J connectivity index is 1.97. The Kier molecular flexibility index (Phi) is 5.48. The van der Waals surface area contributed by atoms with Crippen molar-refractivity contribution in [2.75, 3.05) is 33.5 Å². The molecule has 4 nitrogen and oxygen atoms in total. The third kappa shape index (κ3) is 3.85. The minimum absolute atomic E-state index is 0.188. The lowest BCUT2D eigenvalue weighted by atomic mass is 10.1. The lowest BCUT2D eigenvalue weighted by Crippen LogP contribution is -2.23. The lowest BCUT2D eigenvalue weighted by Gasteiger charge is -2.22. The minimum Gasteiger partial charge on any atom is -0.486 e. The van der Waals surface area contributed by atoms with Gasteiger partial charge < -0.3 is 19.5 Å². The molecular weight excluding hydrogens is 242 g/mol. The molecule has 0 fully saturated rings. The highest BCUT2D eigenvalue weighted by atomic mass is 16.6. The van der Waals surface area contributed by atoms with Crippen LogP contribution in [0.2, 0.25) is 0 Å². The maximum absolute atomic E-state index is 5.69. The second-order valence-electron chi connectivity index (χ2n) is 4.67. The van der Waals surface area contributed by atoms with Gasteiger partial charge in [0.25, 0.3) is 0 Å². The van der Waals surface area contributed by atoms with E-state index in [1.54, 1.807) is 0 Å². The van der Waals surface area contributed by atoms with Gasteiger partial charge in [0, 0.05) is 6.61 Å². The summed E-state index contributed by atoms with van der Waals surface area (Å²) in [5.74, 6) is 1.66. The van der Waals surface area contributed by atoms with Crippen LogP contribution < -0.4 is 14.8 Å². The molecule has 1 heterocycles. The molecule has 1 aliphatic heterocycles. The normalized spacial score (nSPS) is 15.3. The molecular formula is C15H23NO3. The molecule has 0 radical (unpaired) electrons. The summed E-state index contributed by atoms with van der Waals surface area (Å²) in [4.78, 5) is 0. The van der Waals surface area contributed by atoms with Gasteiger partial charge in [0.05, 0.1) is 12.6 Å². The van der Waals surface area contributed by atoms with Gasteiger partial charge in [-0.3, -0.25) is 0 Å². The number of ether oxygens (including phenoxy) is 3. The topological polar surface area (TPSA) is 39.7 Å². The molecule has 1 aromatic carbocycles. The van der Waals surface area contributed by atoms with Gasteiger partial charge in [-0.2, -0.15) is 0 Å².